The molecule has 0 bridgehead atoms. The van der Waals surface area contributed by atoms with Crippen LogP contribution in [0.15, 0.2) is 69.9 Å². The van der Waals surface area contributed by atoms with Crippen molar-refractivity contribution >= 4 is 34.5 Å². The molecule has 0 aliphatic carbocycles. The van der Waals surface area contributed by atoms with E-state index in [0.717, 1.165) is 0 Å². The van der Waals surface area contributed by atoms with Gasteiger partial charge in [0.25, 0.3) is 0 Å². The van der Waals surface area contributed by atoms with Gasteiger partial charge in [-0.25, -0.2) is 9.59 Å². The summed E-state index contributed by atoms with van der Waals surface area (Å²) >= 11 is 6.07. The van der Waals surface area contributed by atoms with Gasteiger partial charge in [-0.15, -0.1) is 0 Å². The van der Waals surface area contributed by atoms with Crippen LogP contribution in [0.2, 0.25) is 5.02 Å². The zero-order valence-electron chi connectivity index (χ0n) is 19.6. The van der Waals surface area contributed by atoms with Crippen molar-refractivity contribution in [1.82, 2.24) is 0 Å². The molecule has 0 atom stereocenters. The van der Waals surface area contributed by atoms with Crippen LogP contribution in [0, 0.1) is 0 Å². The van der Waals surface area contributed by atoms with Crippen LogP contribution in [0.3, 0.4) is 0 Å². The van der Waals surface area contributed by atoms with Gasteiger partial charge in [0, 0.05) is 6.07 Å². The summed E-state index contributed by atoms with van der Waals surface area (Å²) in [5.41, 5.74) is 0.118. The van der Waals surface area contributed by atoms with E-state index in [-0.39, 0.29) is 45.2 Å². The summed E-state index contributed by atoms with van der Waals surface area (Å²) in [7, 11) is 2.95. The zero-order chi connectivity index (χ0) is 25.8. The monoisotopic (exact) mass is 508 g/mol. The van der Waals surface area contributed by atoms with Gasteiger partial charge < -0.3 is 23.4 Å². The number of rotatable bonds is 7. The lowest BCUT2D eigenvalue weighted by molar-refractivity contribution is 0.0491. The van der Waals surface area contributed by atoms with Gasteiger partial charge in [-0.1, -0.05) is 29.8 Å². The molecule has 36 heavy (non-hydrogen) atoms. The van der Waals surface area contributed by atoms with Crippen molar-refractivity contribution in [2.24, 2.45) is 0 Å². The highest BCUT2D eigenvalue weighted by atomic mass is 35.5. The molecule has 1 aromatic heterocycles. The van der Waals surface area contributed by atoms with E-state index in [1.165, 1.54) is 38.5 Å². The Kier molecular flexibility index (Phi) is 7.26. The Morgan fingerprint density at radius 1 is 0.917 bits per heavy atom. The first-order valence-electron chi connectivity index (χ1n) is 10.8. The smallest absolute Gasteiger partial charge is 0.375 e. The van der Waals surface area contributed by atoms with Gasteiger partial charge in [-0.2, -0.15) is 0 Å². The Bertz CT molecular complexity index is 1520. The van der Waals surface area contributed by atoms with Crippen LogP contribution < -0.4 is 19.6 Å². The molecule has 1 heterocycles. The van der Waals surface area contributed by atoms with Crippen molar-refractivity contribution in [3.8, 4) is 28.4 Å². The van der Waals surface area contributed by atoms with Gasteiger partial charge in [0.1, 0.15) is 11.3 Å². The predicted molar refractivity (Wildman–Crippen MR) is 133 cm³/mol. The number of esters is 2. The number of ether oxygens (including phenoxy) is 4. The molecule has 9 heteroatoms. The highest BCUT2D eigenvalue weighted by Gasteiger charge is 2.24. The van der Waals surface area contributed by atoms with Crippen LogP contribution in [0.1, 0.15) is 27.8 Å². The summed E-state index contributed by atoms with van der Waals surface area (Å²) in [5.74, 6) is -0.879. The molecule has 8 nitrogen and oxygen atoms in total. The number of benzene rings is 3. The fourth-order valence-corrected chi connectivity index (χ4v) is 3.83. The van der Waals surface area contributed by atoms with Gasteiger partial charge in [-0.3, -0.25) is 4.79 Å². The van der Waals surface area contributed by atoms with Crippen molar-refractivity contribution < 1.29 is 33.0 Å². The SMILES string of the molecule is CCOC(=O)c1oc2cc(OC(=O)c3ccccc3Cl)ccc2c(=O)c1-c1ccc(OC)c(OC)c1. The minimum absolute atomic E-state index is 0.00251. The number of fused-ring (bicyclic) bond motifs is 1. The van der Waals surface area contributed by atoms with E-state index in [1.54, 1.807) is 43.3 Å². The molecule has 0 aliphatic rings. The van der Waals surface area contributed by atoms with Crippen LogP contribution in [0.5, 0.6) is 17.2 Å². The number of halogens is 1. The fourth-order valence-electron chi connectivity index (χ4n) is 3.62. The Morgan fingerprint density at radius 3 is 2.36 bits per heavy atom. The van der Waals surface area contributed by atoms with E-state index >= 15 is 0 Å². The summed E-state index contributed by atoms with van der Waals surface area (Å²) in [6.45, 7) is 1.71. The molecule has 4 aromatic rings. The average Bonchev–Trinajstić information content (AvgIpc) is 2.88. The summed E-state index contributed by atoms with van der Waals surface area (Å²) < 4.78 is 27.0. The third-order valence-electron chi connectivity index (χ3n) is 5.30. The van der Waals surface area contributed by atoms with Crippen molar-refractivity contribution in [2.45, 2.75) is 6.92 Å². The number of carbonyl (C=O) groups is 2. The van der Waals surface area contributed by atoms with Crippen LogP contribution >= 0.6 is 11.6 Å². The van der Waals surface area contributed by atoms with Gasteiger partial charge in [0.05, 0.1) is 42.4 Å². The molecular formula is C27H21ClO8. The van der Waals surface area contributed by atoms with E-state index in [2.05, 4.69) is 0 Å². The molecular weight excluding hydrogens is 488 g/mol. The maximum Gasteiger partial charge on any atom is 0.375 e. The number of methoxy groups -OCH3 is 2. The van der Waals surface area contributed by atoms with Crippen LogP contribution in [-0.4, -0.2) is 32.8 Å². The van der Waals surface area contributed by atoms with E-state index in [4.69, 9.17) is 35.0 Å². The Labute approximate surface area is 210 Å². The van der Waals surface area contributed by atoms with Gasteiger partial charge in [-0.05, 0) is 48.9 Å². The van der Waals surface area contributed by atoms with Crippen LogP contribution in [-0.2, 0) is 4.74 Å². The Morgan fingerprint density at radius 2 is 1.67 bits per heavy atom. The maximum absolute atomic E-state index is 13.5. The molecule has 0 unspecified atom stereocenters. The minimum atomic E-state index is -0.820. The second-order valence-corrected chi connectivity index (χ2v) is 7.86. The normalized spacial score (nSPS) is 10.7. The first-order valence-corrected chi connectivity index (χ1v) is 11.2. The second kappa shape index (κ2) is 10.5. The highest BCUT2D eigenvalue weighted by molar-refractivity contribution is 6.33. The molecule has 184 valence electrons. The Balaban J connectivity index is 1.84. The first kappa shape index (κ1) is 24.8. The van der Waals surface area contributed by atoms with E-state index in [0.29, 0.717) is 17.1 Å². The molecule has 4 rings (SSSR count). The van der Waals surface area contributed by atoms with Crippen molar-refractivity contribution in [3.63, 3.8) is 0 Å². The predicted octanol–water partition coefficient (Wildman–Crippen LogP) is 5.53. The topological polar surface area (TPSA) is 101 Å². The standard InChI is InChI=1S/C27H21ClO8/c1-4-34-27(31)25-23(15-9-12-20(32-2)22(13-15)33-3)24(29)18-11-10-16(14-21(18)36-25)35-26(30)17-7-5-6-8-19(17)28/h5-14H,4H2,1-3H3. The molecule has 0 fully saturated rings. The fraction of sp³-hybridized carbons (Fsp3) is 0.148. The third kappa shape index (κ3) is 4.76. The zero-order valence-corrected chi connectivity index (χ0v) is 20.4. The third-order valence-corrected chi connectivity index (χ3v) is 5.63. The molecule has 0 saturated heterocycles. The summed E-state index contributed by atoms with van der Waals surface area (Å²) in [6.07, 6.45) is 0. The van der Waals surface area contributed by atoms with Crippen molar-refractivity contribution in [3.05, 3.63) is 87.2 Å². The number of carbonyl (C=O) groups excluding carboxylic acids is 2. The summed E-state index contributed by atoms with van der Waals surface area (Å²) in [6, 6.07) is 15.5. The lowest BCUT2D eigenvalue weighted by Crippen LogP contribution is -2.15. The minimum Gasteiger partial charge on any atom is -0.493 e. The molecule has 0 amide bonds. The number of hydrogen-bond acceptors (Lipinski definition) is 8. The van der Waals surface area contributed by atoms with E-state index in [9.17, 15) is 14.4 Å². The molecule has 0 saturated carbocycles. The largest absolute Gasteiger partial charge is 0.493 e. The maximum atomic E-state index is 13.5. The van der Waals surface area contributed by atoms with E-state index in [1.807, 2.05) is 0 Å². The molecule has 0 radical (unpaired) electrons. The molecule has 0 N–H and O–H groups in total. The first-order chi connectivity index (χ1) is 17.4. The van der Waals surface area contributed by atoms with Gasteiger partial charge in [0.2, 0.25) is 11.2 Å². The van der Waals surface area contributed by atoms with Crippen molar-refractivity contribution in [2.75, 3.05) is 20.8 Å². The van der Waals surface area contributed by atoms with Gasteiger partial charge >= 0.3 is 11.9 Å². The second-order valence-electron chi connectivity index (χ2n) is 7.45. The number of hydrogen-bond donors (Lipinski definition) is 0. The van der Waals surface area contributed by atoms with Gasteiger partial charge in [0.15, 0.2) is 11.5 Å². The lowest BCUT2D eigenvalue weighted by Gasteiger charge is -2.13. The lowest BCUT2D eigenvalue weighted by atomic mass is 10.0. The van der Waals surface area contributed by atoms with Crippen LogP contribution in [0.25, 0.3) is 22.1 Å². The molecule has 0 aliphatic heterocycles. The quantitative estimate of drug-likeness (QED) is 0.237. The average molecular weight is 509 g/mol. The Hall–Kier alpha value is -4.30. The van der Waals surface area contributed by atoms with Crippen molar-refractivity contribution in [1.29, 1.82) is 0 Å². The summed E-state index contributed by atoms with van der Waals surface area (Å²) in [4.78, 5) is 38.9. The molecule has 3 aromatic carbocycles. The molecule has 0 spiro atoms. The van der Waals surface area contributed by atoms with E-state index < -0.39 is 17.4 Å². The summed E-state index contributed by atoms with van der Waals surface area (Å²) in [5, 5.41) is 0.407. The van der Waals surface area contributed by atoms with Crippen LogP contribution in [0.4, 0.5) is 0 Å². The highest BCUT2D eigenvalue weighted by Crippen LogP contribution is 2.34.